The molecule has 0 fully saturated rings. The number of carbonyl (C=O) groups is 1. The highest BCUT2D eigenvalue weighted by Gasteiger charge is 2.24. The van der Waals surface area contributed by atoms with E-state index >= 15 is 0 Å². The fourth-order valence-electron chi connectivity index (χ4n) is 2.25. The highest BCUT2D eigenvalue weighted by molar-refractivity contribution is 7.09. The SMILES string of the molecule is CCNC(=NCC(C)(C)NC(=O)OC(C)(C)C)NCCc1csc(C(C)C)n1. The van der Waals surface area contributed by atoms with Crippen LogP contribution in [0.2, 0.25) is 0 Å². The highest BCUT2D eigenvalue weighted by atomic mass is 32.1. The topological polar surface area (TPSA) is 87.6 Å². The Hall–Kier alpha value is -1.83. The minimum atomic E-state index is -0.523. The Morgan fingerprint density at radius 1 is 1.25 bits per heavy atom. The molecule has 0 aromatic carbocycles. The van der Waals surface area contributed by atoms with E-state index in [0.717, 1.165) is 31.2 Å². The second-order valence-corrected chi connectivity index (χ2v) is 9.60. The summed E-state index contributed by atoms with van der Waals surface area (Å²) >= 11 is 1.71. The molecule has 0 radical (unpaired) electrons. The predicted octanol–water partition coefficient (Wildman–Crippen LogP) is 3.67. The molecule has 0 bridgehead atoms. The zero-order valence-electron chi connectivity index (χ0n) is 18.6. The summed E-state index contributed by atoms with van der Waals surface area (Å²) in [5.74, 6) is 1.19. The molecule has 1 heterocycles. The molecule has 3 N–H and O–H groups in total. The van der Waals surface area contributed by atoms with Gasteiger partial charge >= 0.3 is 6.09 Å². The van der Waals surface area contributed by atoms with Gasteiger partial charge in [0, 0.05) is 30.8 Å². The number of carbonyl (C=O) groups excluding carboxylic acids is 1. The lowest BCUT2D eigenvalue weighted by Crippen LogP contribution is -2.49. The third-order valence-electron chi connectivity index (χ3n) is 3.55. The molecule has 0 saturated carbocycles. The lowest BCUT2D eigenvalue weighted by atomic mass is 10.1. The molecule has 0 aliphatic rings. The fourth-order valence-corrected chi connectivity index (χ4v) is 3.12. The van der Waals surface area contributed by atoms with Gasteiger partial charge in [-0.05, 0) is 41.5 Å². The minimum absolute atomic E-state index is 0.426. The van der Waals surface area contributed by atoms with Crippen molar-refractivity contribution in [3.05, 3.63) is 16.1 Å². The average molecular weight is 412 g/mol. The van der Waals surface area contributed by atoms with Crippen LogP contribution in [-0.4, -0.2) is 47.8 Å². The van der Waals surface area contributed by atoms with Crippen LogP contribution >= 0.6 is 11.3 Å². The first-order chi connectivity index (χ1) is 12.9. The number of hydrogen-bond donors (Lipinski definition) is 3. The zero-order valence-corrected chi connectivity index (χ0v) is 19.4. The van der Waals surface area contributed by atoms with E-state index < -0.39 is 17.2 Å². The van der Waals surface area contributed by atoms with Gasteiger partial charge in [-0.1, -0.05) is 13.8 Å². The van der Waals surface area contributed by atoms with Crippen LogP contribution in [0.25, 0.3) is 0 Å². The van der Waals surface area contributed by atoms with Crippen LogP contribution < -0.4 is 16.0 Å². The summed E-state index contributed by atoms with van der Waals surface area (Å²) in [5.41, 5.74) is 0.0561. The number of aromatic nitrogens is 1. The molecule has 7 nitrogen and oxygen atoms in total. The highest BCUT2D eigenvalue weighted by Crippen LogP contribution is 2.19. The van der Waals surface area contributed by atoms with Gasteiger partial charge in [-0.15, -0.1) is 11.3 Å². The summed E-state index contributed by atoms with van der Waals surface area (Å²) in [6, 6.07) is 0. The van der Waals surface area contributed by atoms with Crippen LogP contribution in [0.3, 0.4) is 0 Å². The van der Waals surface area contributed by atoms with Crippen LogP contribution in [0.1, 0.15) is 72.0 Å². The van der Waals surface area contributed by atoms with Gasteiger partial charge < -0.3 is 20.7 Å². The van der Waals surface area contributed by atoms with Crippen molar-refractivity contribution < 1.29 is 9.53 Å². The number of ether oxygens (including phenoxy) is 1. The van der Waals surface area contributed by atoms with Crippen LogP contribution in [-0.2, 0) is 11.2 Å². The Morgan fingerprint density at radius 2 is 1.93 bits per heavy atom. The van der Waals surface area contributed by atoms with Gasteiger partial charge in [-0.3, -0.25) is 4.99 Å². The van der Waals surface area contributed by atoms with Gasteiger partial charge in [0.2, 0.25) is 0 Å². The molecule has 28 heavy (non-hydrogen) atoms. The Balaban J connectivity index is 2.56. The van der Waals surface area contributed by atoms with Gasteiger partial charge in [0.15, 0.2) is 5.96 Å². The van der Waals surface area contributed by atoms with E-state index in [4.69, 9.17) is 4.74 Å². The Bertz CT molecular complexity index is 647. The number of thiazole rings is 1. The summed E-state index contributed by atoms with van der Waals surface area (Å²) in [6.45, 7) is 17.7. The number of nitrogens with zero attached hydrogens (tertiary/aromatic N) is 2. The van der Waals surface area contributed by atoms with Crippen molar-refractivity contribution in [2.45, 2.75) is 78.9 Å². The van der Waals surface area contributed by atoms with Crippen molar-refractivity contribution in [1.82, 2.24) is 20.9 Å². The fraction of sp³-hybridized carbons (Fsp3) is 0.750. The van der Waals surface area contributed by atoms with Gasteiger partial charge in [0.1, 0.15) is 5.60 Å². The first-order valence-electron chi connectivity index (χ1n) is 9.89. The first-order valence-corrected chi connectivity index (χ1v) is 10.8. The summed E-state index contributed by atoms with van der Waals surface area (Å²) < 4.78 is 5.32. The summed E-state index contributed by atoms with van der Waals surface area (Å²) in [6.07, 6.45) is 0.405. The summed E-state index contributed by atoms with van der Waals surface area (Å²) in [7, 11) is 0. The van der Waals surface area contributed by atoms with Crippen molar-refractivity contribution in [2.24, 2.45) is 4.99 Å². The number of rotatable bonds is 8. The molecule has 0 aliphatic heterocycles. The molecule has 1 aromatic heterocycles. The van der Waals surface area contributed by atoms with Gasteiger partial charge in [-0.2, -0.15) is 0 Å². The maximum absolute atomic E-state index is 12.0. The van der Waals surface area contributed by atoms with E-state index in [1.165, 1.54) is 5.01 Å². The molecule has 1 aromatic rings. The number of amides is 1. The monoisotopic (exact) mass is 411 g/mol. The molecule has 0 saturated heterocycles. The summed E-state index contributed by atoms with van der Waals surface area (Å²) in [4.78, 5) is 21.3. The molecule has 0 aliphatic carbocycles. The van der Waals surface area contributed by atoms with Gasteiger partial charge in [0.25, 0.3) is 0 Å². The van der Waals surface area contributed by atoms with E-state index in [1.807, 2.05) is 41.5 Å². The Labute approximate surface area is 173 Å². The van der Waals surface area contributed by atoms with Crippen molar-refractivity contribution in [3.63, 3.8) is 0 Å². The van der Waals surface area contributed by atoms with Crippen molar-refractivity contribution in [3.8, 4) is 0 Å². The normalized spacial score (nSPS) is 12.8. The largest absolute Gasteiger partial charge is 0.444 e. The Kier molecular flexibility index (Phi) is 9.20. The molecule has 1 amide bonds. The molecule has 0 unspecified atom stereocenters. The molecule has 1 rings (SSSR count). The number of aliphatic imine (C=N–C) groups is 1. The van der Waals surface area contributed by atoms with Crippen LogP contribution in [0.5, 0.6) is 0 Å². The predicted molar refractivity (Wildman–Crippen MR) is 117 cm³/mol. The molecule has 8 heteroatoms. The van der Waals surface area contributed by atoms with Crippen LogP contribution in [0, 0.1) is 0 Å². The number of hydrogen-bond acceptors (Lipinski definition) is 5. The molecule has 0 spiro atoms. The van der Waals surface area contributed by atoms with Gasteiger partial charge in [0.05, 0.1) is 22.8 Å². The van der Waals surface area contributed by atoms with Crippen molar-refractivity contribution >= 4 is 23.4 Å². The van der Waals surface area contributed by atoms with Crippen LogP contribution in [0.15, 0.2) is 10.4 Å². The second-order valence-electron chi connectivity index (χ2n) is 8.71. The third kappa shape index (κ3) is 9.92. The van der Waals surface area contributed by atoms with E-state index in [2.05, 4.69) is 45.2 Å². The third-order valence-corrected chi connectivity index (χ3v) is 4.75. The van der Waals surface area contributed by atoms with Crippen molar-refractivity contribution in [1.29, 1.82) is 0 Å². The zero-order chi connectivity index (χ0) is 21.4. The number of guanidine groups is 1. The lowest BCUT2D eigenvalue weighted by molar-refractivity contribution is 0.0476. The Morgan fingerprint density at radius 3 is 2.46 bits per heavy atom. The van der Waals surface area contributed by atoms with Crippen molar-refractivity contribution in [2.75, 3.05) is 19.6 Å². The molecular weight excluding hydrogens is 374 g/mol. The molecule has 160 valence electrons. The van der Waals surface area contributed by atoms with E-state index in [-0.39, 0.29) is 0 Å². The standard InChI is InChI=1S/C20H37N5O2S/c1-9-21-17(22-11-10-15-12-28-16(24-15)14(2)3)23-13-20(7,8)25-18(26)27-19(4,5)6/h12,14H,9-11,13H2,1-8H3,(H,25,26)(H2,21,22,23). The maximum Gasteiger partial charge on any atom is 0.408 e. The average Bonchev–Trinajstić information content (AvgIpc) is 2.99. The maximum atomic E-state index is 12.0. The van der Waals surface area contributed by atoms with E-state index in [1.54, 1.807) is 11.3 Å². The minimum Gasteiger partial charge on any atom is -0.444 e. The van der Waals surface area contributed by atoms with E-state index in [0.29, 0.717) is 12.5 Å². The van der Waals surface area contributed by atoms with Crippen LogP contribution in [0.4, 0.5) is 4.79 Å². The second kappa shape index (κ2) is 10.6. The molecule has 0 atom stereocenters. The summed E-state index contributed by atoms with van der Waals surface area (Å²) in [5, 5.41) is 12.7. The van der Waals surface area contributed by atoms with E-state index in [9.17, 15) is 4.79 Å². The first kappa shape index (κ1) is 24.2. The smallest absolute Gasteiger partial charge is 0.408 e. The quantitative estimate of drug-likeness (QED) is 0.449. The number of alkyl carbamates (subject to hydrolysis) is 1. The number of nitrogens with one attached hydrogen (secondary N) is 3. The van der Waals surface area contributed by atoms with Gasteiger partial charge in [-0.25, -0.2) is 9.78 Å². The lowest BCUT2D eigenvalue weighted by Gasteiger charge is -2.27. The molecular formula is C20H37N5O2S.